The molecule has 0 aliphatic carbocycles. The third kappa shape index (κ3) is 4.13. The number of hydrogen-bond donors (Lipinski definition) is 2. The van der Waals surface area contributed by atoms with Crippen molar-refractivity contribution in [1.29, 1.82) is 0 Å². The van der Waals surface area contributed by atoms with Gasteiger partial charge in [-0.1, -0.05) is 60.5 Å². The van der Waals surface area contributed by atoms with Crippen LogP contribution in [-0.2, 0) is 4.79 Å². The van der Waals surface area contributed by atoms with Crippen molar-refractivity contribution in [2.75, 3.05) is 11.1 Å². The number of hydrogen-bond acceptors (Lipinski definition) is 2. The Kier molecular flexibility index (Phi) is 5.10. The molecule has 2 aromatic carbocycles. The molecule has 0 heterocycles. The standard InChI is InChI=1S/C16H16Cl2N2O/c1-10(11-5-3-2-4-6-11)7-15(21)20-12-8-13(17)16(19)14(18)9-12/h2-6,8-10H,7,19H2,1H3,(H,20,21). The molecule has 110 valence electrons. The van der Waals surface area contributed by atoms with Crippen LogP contribution in [0.1, 0.15) is 24.8 Å². The van der Waals surface area contributed by atoms with Crippen LogP contribution in [0.4, 0.5) is 11.4 Å². The van der Waals surface area contributed by atoms with Crippen LogP contribution in [0.15, 0.2) is 42.5 Å². The van der Waals surface area contributed by atoms with E-state index in [1.165, 1.54) is 0 Å². The molecule has 3 nitrogen and oxygen atoms in total. The zero-order chi connectivity index (χ0) is 15.4. The van der Waals surface area contributed by atoms with Gasteiger partial charge >= 0.3 is 0 Å². The van der Waals surface area contributed by atoms with Crippen LogP contribution in [0.25, 0.3) is 0 Å². The monoisotopic (exact) mass is 322 g/mol. The summed E-state index contributed by atoms with van der Waals surface area (Å²) in [5, 5.41) is 3.44. The Morgan fingerprint density at radius 3 is 2.33 bits per heavy atom. The Bertz CT molecular complexity index is 621. The van der Waals surface area contributed by atoms with E-state index in [4.69, 9.17) is 28.9 Å². The number of rotatable bonds is 4. The first-order valence-corrected chi connectivity index (χ1v) is 7.32. The number of anilines is 2. The second kappa shape index (κ2) is 6.83. The van der Waals surface area contributed by atoms with E-state index < -0.39 is 0 Å². The molecule has 1 unspecified atom stereocenters. The first kappa shape index (κ1) is 15.7. The lowest BCUT2D eigenvalue weighted by molar-refractivity contribution is -0.116. The van der Waals surface area contributed by atoms with Gasteiger partial charge < -0.3 is 11.1 Å². The quantitative estimate of drug-likeness (QED) is 0.801. The van der Waals surface area contributed by atoms with Crippen molar-refractivity contribution in [1.82, 2.24) is 0 Å². The normalized spacial score (nSPS) is 12.0. The highest BCUT2D eigenvalue weighted by Crippen LogP contribution is 2.31. The van der Waals surface area contributed by atoms with Crippen LogP contribution in [0.2, 0.25) is 10.0 Å². The fourth-order valence-corrected chi connectivity index (χ4v) is 2.53. The summed E-state index contributed by atoms with van der Waals surface area (Å²) in [6.07, 6.45) is 0.379. The number of carbonyl (C=O) groups excluding carboxylic acids is 1. The van der Waals surface area contributed by atoms with Crippen LogP contribution >= 0.6 is 23.2 Å². The lowest BCUT2D eigenvalue weighted by Gasteiger charge is -2.13. The molecule has 0 fully saturated rings. The number of carbonyl (C=O) groups is 1. The lowest BCUT2D eigenvalue weighted by Crippen LogP contribution is -2.14. The molecule has 0 aliphatic heterocycles. The number of halogens is 2. The molecule has 2 aromatic rings. The fraction of sp³-hybridized carbons (Fsp3) is 0.188. The molecule has 0 aromatic heterocycles. The lowest BCUT2D eigenvalue weighted by atomic mass is 9.97. The van der Waals surface area contributed by atoms with Gasteiger partial charge in [0.2, 0.25) is 5.91 Å². The van der Waals surface area contributed by atoms with E-state index in [0.717, 1.165) is 5.56 Å². The number of nitrogen functional groups attached to an aromatic ring is 1. The average molecular weight is 323 g/mol. The van der Waals surface area contributed by atoms with Crippen LogP contribution in [0, 0.1) is 0 Å². The predicted molar refractivity (Wildman–Crippen MR) is 89.0 cm³/mol. The number of benzene rings is 2. The van der Waals surface area contributed by atoms with Crippen molar-refractivity contribution in [3.63, 3.8) is 0 Å². The summed E-state index contributed by atoms with van der Waals surface area (Å²) >= 11 is 11.9. The van der Waals surface area contributed by atoms with Crippen LogP contribution < -0.4 is 11.1 Å². The summed E-state index contributed by atoms with van der Waals surface area (Å²) in [5.41, 5.74) is 7.65. The molecule has 21 heavy (non-hydrogen) atoms. The number of amides is 1. The van der Waals surface area contributed by atoms with Crippen molar-refractivity contribution in [2.24, 2.45) is 0 Å². The SMILES string of the molecule is CC(CC(=O)Nc1cc(Cl)c(N)c(Cl)c1)c1ccccc1. The van der Waals surface area contributed by atoms with Gasteiger partial charge in [-0.2, -0.15) is 0 Å². The molecule has 0 bridgehead atoms. The van der Waals surface area contributed by atoms with Gasteiger partial charge in [-0.3, -0.25) is 4.79 Å². The summed E-state index contributed by atoms with van der Waals surface area (Å²) in [5.74, 6) is 0.0363. The van der Waals surface area contributed by atoms with Gasteiger partial charge in [0.15, 0.2) is 0 Å². The van der Waals surface area contributed by atoms with Gasteiger partial charge in [0, 0.05) is 12.1 Å². The second-order valence-electron chi connectivity index (χ2n) is 4.92. The third-order valence-electron chi connectivity index (χ3n) is 3.22. The third-order valence-corrected chi connectivity index (χ3v) is 3.85. The summed E-state index contributed by atoms with van der Waals surface area (Å²) in [4.78, 5) is 12.1. The molecular weight excluding hydrogens is 307 g/mol. The largest absolute Gasteiger partial charge is 0.396 e. The van der Waals surface area contributed by atoms with Gasteiger partial charge in [0.05, 0.1) is 15.7 Å². The van der Waals surface area contributed by atoms with E-state index in [9.17, 15) is 4.79 Å². The summed E-state index contributed by atoms with van der Waals surface area (Å²) in [7, 11) is 0. The number of nitrogens with two attached hydrogens (primary N) is 1. The summed E-state index contributed by atoms with van der Waals surface area (Å²) in [6, 6.07) is 13.1. The van der Waals surface area contributed by atoms with Crippen LogP contribution in [0.3, 0.4) is 0 Å². The Labute approximate surface area is 134 Å². The number of nitrogens with one attached hydrogen (secondary N) is 1. The van der Waals surface area contributed by atoms with Crippen molar-refractivity contribution in [3.8, 4) is 0 Å². The maximum Gasteiger partial charge on any atom is 0.224 e. The van der Waals surface area contributed by atoms with E-state index >= 15 is 0 Å². The van der Waals surface area contributed by atoms with Crippen molar-refractivity contribution in [2.45, 2.75) is 19.3 Å². The van der Waals surface area contributed by atoms with Crippen molar-refractivity contribution < 1.29 is 4.79 Å². The zero-order valence-corrected chi connectivity index (χ0v) is 13.1. The molecule has 0 saturated carbocycles. The highest BCUT2D eigenvalue weighted by molar-refractivity contribution is 6.39. The highest BCUT2D eigenvalue weighted by Gasteiger charge is 2.12. The molecule has 3 N–H and O–H groups in total. The topological polar surface area (TPSA) is 55.1 Å². The fourth-order valence-electron chi connectivity index (χ4n) is 2.05. The average Bonchev–Trinajstić information content (AvgIpc) is 2.45. The maximum atomic E-state index is 12.1. The molecule has 5 heteroatoms. The minimum Gasteiger partial charge on any atom is -0.396 e. The van der Waals surface area contributed by atoms with Gasteiger partial charge in [-0.25, -0.2) is 0 Å². The zero-order valence-electron chi connectivity index (χ0n) is 11.6. The van der Waals surface area contributed by atoms with E-state index in [-0.39, 0.29) is 11.8 Å². The predicted octanol–water partition coefficient (Wildman–Crippen LogP) is 4.71. The molecular formula is C16H16Cl2N2O. The Balaban J connectivity index is 2.02. The van der Waals surface area contributed by atoms with Crippen molar-refractivity contribution >= 4 is 40.5 Å². The Morgan fingerprint density at radius 2 is 1.76 bits per heavy atom. The van der Waals surface area contributed by atoms with E-state index in [0.29, 0.717) is 27.8 Å². The van der Waals surface area contributed by atoms with Crippen LogP contribution in [-0.4, -0.2) is 5.91 Å². The smallest absolute Gasteiger partial charge is 0.224 e. The first-order chi connectivity index (χ1) is 9.97. The molecule has 0 radical (unpaired) electrons. The second-order valence-corrected chi connectivity index (χ2v) is 5.73. The van der Waals surface area contributed by atoms with Crippen LogP contribution in [0.5, 0.6) is 0 Å². The van der Waals surface area contributed by atoms with E-state index in [1.807, 2.05) is 37.3 Å². The van der Waals surface area contributed by atoms with Gasteiger partial charge in [-0.05, 0) is 23.6 Å². The summed E-state index contributed by atoms with van der Waals surface area (Å²) in [6.45, 7) is 2.01. The summed E-state index contributed by atoms with van der Waals surface area (Å²) < 4.78 is 0. The molecule has 0 saturated heterocycles. The highest BCUT2D eigenvalue weighted by atomic mass is 35.5. The molecule has 2 rings (SSSR count). The minimum atomic E-state index is -0.0942. The first-order valence-electron chi connectivity index (χ1n) is 6.56. The van der Waals surface area contributed by atoms with Gasteiger partial charge in [0.25, 0.3) is 0 Å². The Hall–Kier alpha value is -1.71. The van der Waals surface area contributed by atoms with E-state index in [2.05, 4.69) is 5.32 Å². The molecule has 1 atom stereocenters. The van der Waals surface area contributed by atoms with Gasteiger partial charge in [-0.15, -0.1) is 0 Å². The molecule has 0 aliphatic rings. The molecule has 0 spiro atoms. The van der Waals surface area contributed by atoms with Crippen molar-refractivity contribution in [3.05, 3.63) is 58.1 Å². The minimum absolute atomic E-state index is 0.0942. The molecule has 1 amide bonds. The maximum absolute atomic E-state index is 12.1. The van der Waals surface area contributed by atoms with Gasteiger partial charge in [0.1, 0.15) is 0 Å². The Morgan fingerprint density at radius 1 is 1.19 bits per heavy atom. The van der Waals surface area contributed by atoms with E-state index in [1.54, 1.807) is 12.1 Å².